The molecule has 2 aromatic heterocycles. The fourth-order valence-corrected chi connectivity index (χ4v) is 9.46. The van der Waals surface area contributed by atoms with Crippen molar-refractivity contribution in [2.45, 2.75) is 20.3 Å². The van der Waals surface area contributed by atoms with Crippen molar-refractivity contribution >= 4 is 66.7 Å². The first-order chi connectivity index (χ1) is 25.0. The zero-order valence-corrected chi connectivity index (χ0v) is 32.2. The van der Waals surface area contributed by atoms with Gasteiger partial charge in [-0.1, -0.05) is 151 Å². The average Bonchev–Trinajstić information content (AvgIpc) is 3.57. The molecule has 0 saturated carbocycles. The van der Waals surface area contributed by atoms with E-state index in [2.05, 4.69) is 68.4 Å². The summed E-state index contributed by atoms with van der Waals surface area (Å²) in [6.07, 6.45) is 1.06. The molecule has 3 nitrogen and oxygen atoms in total. The number of aromatic nitrogens is 1. The van der Waals surface area contributed by atoms with Crippen LogP contribution in [0.4, 0.5) is 0 Å². The number of rotatable bonds is 6. The zero-order chi connectivity index (χ0) is 34.8. The van der Waals surface area contributed by atoms with Gasteiger partial charge in [0.1, 0.15) is 12.7 Å². The molecule has 0 bridgehead atoms. The Bertz CT molecular complexity index is 2640. The van der Waals surface area contributed by atoms with Gasteiger partial charge < -0.3 is 8.98 Å². The van der Waals surface area contributed by atoms with Crippen LogP contribution in [0.3, 0.4) is 0 Å². The summed E-state index contributed by atoms with van der Waals surface area (Å²) in [6.45, 7) is 4.50. The fraction of sp³-hybridized carbons (Fsp3) is 0.0851. The molecular weight excluding hydrogens is 834 g/mol. The Labute approximate surface area is 318 Å². The second-order valence-electron chi connectivity index (χ2n) is 13.2. The summed E-state index contributed by atoms with van der Waals surface area (Å²) in [5, 5.41) is 8.07. The SMILES string of the molecule is CC(C)Cc1cccc2nc(-c3[c-]ccc4c3oc3ccccc34)ccc12.O=P(c1[c-]cc2ccccc2c1)(c1ccccc1)c1ccccc1.[Ir]. The third kappa shape index (κ3) is 6.79. The minimum absolute atomic E-state index is 0. The molecule has 9 aromatic rings. The topological polar surface area (TPSA) is 43.1 Å². The maximum Gasteiger partial charge on any atom is 0.147 e. The molecule has 2 heterocycles. The summed E-state index contributed by atoms with van der Waals surface area (Å²) in [7, 11) is -2.94. The van der Waals surface area contributed by atoms with Crippen molar-refractivity contribution in [3.8, 4) is 11.3 Å². The van der Waals surface area contributed by atoms with Crippen LogP contribution in [0.5, 0.6) is 0 Å². The van der Waals surface area contributed by atoms with Crippen LogP contribution in [0, 0.1) is 18.1 Å². The Hall–Kier alpha value is -5.11. The Balaban J connectivity index is 0.000000160. The molecular formula is C47H36IrNO2P-2. The Morgan fingerprint density at radius 2 is 1.33 bits per heavy atom. The van der Waals surface area contributed by atoms with Gasteiger partial charge in [0.25, 0.3) is 0 Å². The molecule has 7 aromatic carbocycles. The van der Waals surface area contributed by atoms with Crippen molar-refractivity contribution in [2.24, 2.45) is 5.92 Å². The van der Waals surface area contributed by atoms with E-state index in [1.54, 1.807) is 0 Å². The first-order valence-electron chi connectivity index (χ1n) is 17.3. The van der Waals surface area contributed by atoms with Crippen molar-refractivity contribution in [1.29, 1.82) is 0 Å². The van der Waals surface area contributed by atoms with Crippen molar-refractivity contribution in [3.63, 3.8) is 0 Å². The van der Waals surface area contributed by atoms with Gasteiger partial charge in [-0.25, -0.2) is 0 Å². The standard InChI is InChI=1S/C25H20NO.C22H16OP.Ir/c1-16(2)15-17-7-5-11-22-18(17)13-14-23(26-22)21-10-6-9-20-19-8-3-4-12-24(19)27-25(20)21;23-24(20-11-3-1-4-12-20,21-13-5-2-6-14-21)22-16-15-18-9-7-8-10-19(18)17-22;/h3-9,11-14,16H,15H2,1-2H3;1-15,17H;/q2*-1;. The average molecular weight is 870 g/mol. The molecule has 0 unspecified atom stereocenters. The van der Waals surface area contributed by atoms with Crippen LogP contribution in [0.2, 0.25) is 0 Å². The Kier molecular flexibility index (Phi) is 10.3. The van der Waals surface area contributed by atoms with E-state index in [0.29, 0.717) is 5.92 Å². The maximum atomic E-state index is 14.2. The van der Waals surface area contributed by atoms with Crippen molar-refractivity contribution < 1.29 is 29.1 Å². The maximum absolute atomic E-state index is 14.2. The van der Waals surface area contributed by atoms with E-state index in [1.807, 2.05) is 121 Å². The van der Waals surface area contributed by atoms with Crippen LogP contribution in [0.1, 0.15) is 19.4 Å². The first kappa shape index (κ1) is 35.3. The minimum Gasteiger partial charge on any atom is -0.501 e. The smallest absolute Gasteiger partial charge is 0.147 e. The number of pyridine rings is 1. The van der Waals surface area contributed by atoms with E-state index >= 15 is 0 Å². The first-order valence-corrected chi connectivity index (χ1v) is 19.0. The predicted octanol–water partition coefficient (Wildman–Crippen LogP) is 11.1. The summed E-state index contributed by atoms with van der Waals surface area (Å²) in [5.74, 6) is 0.618. The molecule has 0 spiro atoms. The van der Waals surface area contributed by atoms with Gasteiger partial charge in [0, 0.05) is 41.5 Å². The molecule has 0 aliphatic rings. The van der Waals surface area contributed by atoms with Gasteiger partial charge in [0.2, 0.25) is 0 Å². The Morgan fingerprint density at radius 1 is 0.654 bits per heavy atom. The predicted molar refractivity (Wildman–Crippen MR) is 214 cm³/mol. The van der Waals surface area contributed by atoms with Gasteiger partial charge in [-0.15, -0.1) is 35.0 Å². The van der Waals surface area contributed by atoms with Gasteiger partial charge in [-0.05, 0) is 35.7 Å². The second kappa shape index (κ2) is 15.2. The van der Waals surface area contributed by atoms with Gasteiger partial charge in [-0.3, -0.25) is 4.98 Å². The molecule has 52 heavy (non-hydrogen) atoms. The second-order valence-corrected chi connectivity index (χ2v) is 15.9. The van der Waals surface area contributed by atoms with E-state index < -0.39 is 7.14 Å². The third-order valence-electron chi connectivity index (χ3n) is 9.29. The number of furan rings is 1. The number of hydrogen-bond donors (Lipinski definition) is 0. The monoisotopic (exact) mass is 870 g/mol. The van der Waals surface area contributed by atoms with Gasteiger partial charge >= 0.3 is 0 Å². The summed E-state index contributed by atoms with van der Waals surface area (Å²) in [4.78, 5) is 4.94. The van der Waals surface area contributed by atoms with Crippen LogP contribution in [-0.4, -0.2) is 4.98 Å². The van der Waals surface area contributed by atoms with E-state index in [-0.39, 0.29) is 20.1 Å². The van der Waals surface area contributed by atoms with E-state index in [9.17, 15) is 4.57 Å². The van der Waals surface area contributed by atoms with Crippen LogP contribution in [0.15, 0.2) is 168 Å². The van der Waals surface area contributed by atoms with Crippen molar-refractivity contribution in [3.05, 3.63) is 181 Å². The minimum atomic E-state index is -2.94. The molecule has 0 aliphatic carbocycles. The molecule has 9 rings (SSSR count). The van der Waals surface area contributed by atoms with Crippen LogP contribution in [-0.2, 0) is 31.1 Å². The van der Waals surface area contributed by atoms with E-state index in [0.717, 1.165) is 71.8 Å². The number of benzene rings is 7. The third-order valence-corrected chi connectivity index (χ3v) is 12.3. The zero-order valence-electron chi connectivity index (χ0n) is 28.9. The molecule has 0 saturated heterocycles. The number of nitrogens with zero attached hydrogens (tertiary/aromatic N) is 1. The van der Waals surface area contributed by atoms with Crippen LogP contribution >= 0.6 is 7.14 Å². The van der Waals surface area contributed by atoms with Gasteiger partial charge in [0.15, 0.2) is 0 Å². The van der Waals surface area contributed by atoms with Gasteiger partial charge in [-0.2, -0.15) is 18.2 Å². The Morgan fingerprint density at radius 3 is 2.06 bits per heavy atom. The molecule has 0 amide bonds. The van der Waals surface area contributed by atoms with Crippen LogP contribution in [0.25, 0.3) is 54.9 Å². The summed E-state index contributed by atoms with van der Waals surface area (Å²) >= 11 is 0. The largest absolute Gasteiger partial charge is 0.501 e. The number of para-hydroxylation sites is 1. The summed E-state index contributed by atoms with van der Waals surface area (Å²) < 4.78 is 20.4. The van der Waals surface area contributed by atoms with Gasteiger partial charge in [0.05, 0.1) is 11.1 Å². The van der Waals surface area contributed by atoms with Crippen molar-refractivity contribution in [1.82, 2.24) is 4.98 Å². The van der Waals surface area contributed by atoms with Crippen LogP contribution < -0.4 is 15.9 Å². The molecule has 0 fully saturated rings. The van der Waals surface area contributed by atoms with E-state index in [1.165, 1.54) is 10.9 Å². The molecule has 0 atom stereocenters. The molecule has 0 N–H and O–H groups in total. The quantitative estimate of drug-likeness (QED) is 0.124. The van der Waals surface area contributed by atoms with Crippen molar-refractivity contribution in [2.75, 3.05) is 0 Å². The fourth-order valence-electron chi connectivity index (χ4n) is 6.86. The molecule has 0 aliphatic heterocycles. The normalized spacial score (nSPS) is 11.4. The molecule has 1 radical (unpaired) electrons. The number of fused-ring (bicyclic) bond motifs is 5. The summed E-state index contributed by atoms with van der Waals surface area (Å²) in [6, 6.07) is 60.9. The summed E-state index contributed by atoms with van der Waals surface area (Å²) in [5.41, 5.74) is 5.94. The van der Waals surface area contributed by atoms with E-state index in [4.69, 9.17) is 9.40 Å². The number of hydrogen-bond acceptors (Lipinski definition) is 3. The molecule has 257 valence electrons. The molecule has 5 heteroatoms.